The summed E-state index contributed by atoms with van der Waals surface area (Å²) in [6.07, 6.45) is 0. The Balaban J connectivity index is 1.85. The van der Waals surface area contributed by atoms with E-state index in [9.17, 15) is 0 Å². The van der Waals surface area contributed by atoms with Gasteiger partial charge in [-0.05, 0) is 31.5 Å². The molecule has 1 saturated heterocycles. The molecule has 0 atom stereocenters. The van der Waals surface area contributed by atoms with Crippen LogP contribution in [0.3, 0.4) is 0 Å². The Morgan fingerprint density at radius 3 is 2.58 bits per heavy atom. The van der Waals surface area contributed by atoms with Crippen LogP contribution in [0.5, 0.6) is 0 Å². The zero-order chi connectivity index (χ0) is 17.0. The molecule has 1 aromatic rings. The molecule has 6 heteroatoms. The van der Waals surface area contributed by atoms with E-state index in [2.05, 4.69) is 51.7 Å². The molecule has 1 aliphatic rings. The van der Waals surface area contributed by atoms with Crippen molar-refractivity contribution in [3.8, 4) is 0 Å². The molecule has 5 nitrogen and oxygen atoms in total. The van der Waals surface area contributed by atoms with Crippen molar-refractivity contribution < 1.29 is 4.74 Å². The van der Waals surface area contributed by atoms with Crippen LogP contribution in [0.15, 0.2) is 29.3 Å². The third kappa shape index (κ3) is 6.61. The summed E-state index contributed by atoms with van der Waals surface area (Å²) in [6, 6.07) is 8.81. The molecule has 0 amide bonds. The minimum atomic E-state index is 0.681. The minimum absolute atomic E-state index is 0.681. The Morgan fingerprint density at radius 2 is 1.92 bits per heavy atom. The Hall–Kier alpha value is -1.40. The average Bonchev–Trinajstić information content (AvgIpc) is 2.64. The number of hydrogen-bond donors (Lipinski definition) is 2. The van der Waals surface area contributed by atoms with Crippen molar-refractivity contribution in [2.75, 3.05) is 55.8 Å². The predicted molar refractivity (Wildman–Crippen MR) is 105 cm³/mol. The highest BCUT2D eigenvalue weighted by Crippen LogP contribution is 2.20. The number of thioether (sulfide) groups is 1. The van der Waals surface area contributed by atoms with Crippen LogP contribution in [0.25, 0.3) is 0 Å². The maximum atomic E-state index is 5.34. The lowest BCUT2D eigenvalue weighted by molar-refractivity contribution is 0.152. The van der Waals surface area contributed by atoms with Crippen LogP contribution in [0, 0.1) is 0 Å². The van der Waals surface area contributed by atoms with Gasteiger partial charge < -0.3 is 20.3 Å². The quantitative estimate of drug-likeness (QED) is 0.428. The average molecular weight is 351 g/mol. The number of anilines is 1. The topological polar surface area (TPSA) is 48.9 Å². The number of hydrogen-bond acceptors (Lipinski definition) is 4. The Morgan fingerprint density at radius 1 is 1.17 bits per heavy atom. The van der Waals surface area contributed by atoms with Crippen LogP contribution in [0.1, 0.15) is 19.4 Å². The van der Waals surface area contributed by atoms with Crippen molar-refractivity contribution in [2.24, 2.45) is 4.99 Å². The Bertz CT molecular complexity index is 486. The van der Waals surface area contributed by atoms with Gasteiger partial charge in [0.05, 0.1) is 13.2 Å². The van der Waals surface area contributed by atoms with Crippen LogP contribution in [-0.2, 0) is 11.3 Å². The third-order valence-corrected chi connectivity index (χ3v) is 4.76. The van der Waals surface area contributed by atoms with Crippen LogP contribution in [0.4, 0.5) is 5.69 Å². The van der Waals surface area contributed by atoms with E-state index in [4.69, 9.17) is 4.74 Å². The van der Waals surface area contributed by atoms with Gasteiger partial charge in [0.15, 0.2) is 5.96 Å². The SMILES string of the molecule is CCNC(=NCc1ccc(N2CCSCC2)cc1)NCCOCC. The number of guanidine groups is 1. The molecule has 2 N–H and O–H groups in total. The third-order valence-electron chi connectivity index (χ3n) is 3.82. The summed E-state index contributed by atoms with van der Waals surface area (Å²) in [6.45, 7) is 10.1. The monoisotopic (exact) mass is 350 g/mol. The molecule has 1 aliphatic heterocycles. The number of nitrogens with zero attached hydrogens (tertiary/aromatic N) is 2. The smallest absolute Gasteiger partial charge is 0.191 e. The number of benzene rings is 1. The van der Waals surface area contributed by atoms with Gasteiger partial charge in [-0.15, -0.1) is 0 Å². The standard InChI is InChI=1S/C18H30N4OS/c1-3-19-18(20-9-12-23-4-2)21-15-16-5-7-17(8-6-16)22-10-13-24-14-11-22/h5-8H,3-4,9-15H2,1-2H3,(H2,19,20,21). The molecule has 0 spiro atoms. The Labute approximate surface area is 150 Å². The molecule has 0 saturated carbocycles. The molecule has 0 unspecified atom stereocenters. The van der Waals surface area contributed by atoms with Crippen molar-refractivity contribution >= 4 is 23.4 Å². The summed E-state index contributed by atoms with van der Waals surface area (Å²) in [5.74, 6) is 3.30. The number of ether oxygens (including phenoxy) is 1. The van der Waals surface area contributed by atoms with E-state index >= 15 is 0 Å². The van der Waals surface area contributed by atoms with E-state index in [-0.39, 0.29) is 0 Å². The lowest BCUT2D eigenvalue weighted by Crippen LogP contribution is -2.39. The van der Waals surface area contributed by atoms with Gasteiger partial charge in [-0.25, -0.2) is 4.99 Å². The van der Waals surface area contributed by atoms with Crippen molar-refractivity contribution in [3.05, 3.63) is 29.8 Å². The fraction of sp³-hybridized carbons (Fsp3) is 0.611. The molecule has 0 aliphatic carbocycles. The maximum absolute atomic E-state index is 5.34. The number of rotatable bonds is 8. The van der Waals surface area contributed by atoms with Gasteiger partial charge in [0, 0.05) is 50.0 Å². The van der Waals surface area contributed by atoms with Crippen LogP contribution in [-0.4, -0.2) is 56.9 Å². The van der Waals surface area contributed by atoms with Crippen molar-refractivity contribution in [3.63, 3.8) is 0 Å². The predicted octanol–water partition coefficient (Wildman–Crippen LogP) is 2.33. The van der Waals surface area contributed by atoms with E-state index in [0.29, 0.717) is 13.2 Å². The van der Waals surface area contributed by atoms with Crippen LogP contribution >= 0.6 is 11.8 Å². The highest BCUT2D eigenvalue weighted by molar-refractivity contribution is 7.99. The summed E-state index contributed by atoms with van der Waals surface area (Å²) in [7, 11) is 0. The Kier molecular flexibility index (Phi) is 8.84. The van der Waals surface area contributed by atoms with E-state index in [1.165, 1.54) is 22.8 Å². The van der Waals surface area contributed by atoms with Crippen molar-refractivity contribution in [2.45, 2.75) is 20.4 Å². The summed E-state index contributed by atoms with van der Waals surface area (Å²) in [4.78, 5) is 7.11. The second-order valence-corrected chi connectivity index (χ2v) is 6.81. The van der Waals surface area contributed by atoms with E-state index in [1.807, 2.05) is 18.7 Å². The second kappa shape index (κ2) is 11.2. The number of nitrogens with one attached hydrogen (secondary N) is 2. The molecular weight excluding hydrogens is 320 g/mol. The first-order valence-electron chi connectivity index (χ1n) is 8.85. The fourth-order valence-electron chi connectivity index (χ4n) is 2.53. The summed E-state index contributed by atoms with van der Waals surface area (Å²) >= 11 is 2.04. The highest BCUT2D eigenvalue weighted by Gasteiger charge is 2.10. The van der Waals surface area contributed by atoms with Crippen molar-refractivity contribution in [1.29, 1.82) is 0 Å². The number of aliphatic imine (C=N–C) groups is 1. The van der Waals surface area contributed by atoms with Gasteiger partial charge in [-0.2, -0.15) is 11.8 Å². The van der Waals surface area contributed by atoms with Gasteiger partial charge in [0.2, 0.25) is 0 Å². The van der Waals surface area contributed by atoms with Gasteiger partial charge in [0.1, 0.15) is 0 Å². The molecule has 0 aromatic heterocycles. The molecule has 0 radical (unpaired) electrons. The maximum Gasteiger partial charge on any atom is 0.191 e. The molecule has 1 aromatic carbocycles. The van der Waals surface area contributed by atoms with E-state index in [1.54, 1.807) is 0 Å². The van der Waals surface area contributed by atoms with Crippen LogP contribution in [0.2, 0.25) is 0 Å². The molecule has 134 valence electrons. The summed E-state index contributed by atoms with van der Waals surface area (Å²) in [5, 5.41) is 6.56. The lowest BCUT2D eigenvalue weighted by atomic mass is 10.2. The summed E-state index contributed by atoms with van der Waals surface area (Å²) in [5.41, 5.74) is 2.55. The normalized spacial score (nSPS) is 15.4. The zero-order valence-electron chi connectivity index (χ0n) is 14.9. The highest BCUT2D eigenvalue weighted by atomic mass is 32.2. The van der Waals surface area contributed by atoms with Crippen LogP contribution < -0.4 is 15.5 Å². The van der Waals surface area contributed by atoms with Gasteiger partial charge >= 0.3 is 0 Å². The van der Waals surface area contributed by atoms with E-state index in [0.717, 1.165) is 38.7 Å². The molecular formula is C18H30N4OS. The minimum Gasteiger partial charge on any atom is -0.380 e. The second-order valence-electron chi connectivity index (χ2n) is 5.58. The van der Waals surface area contributed by atoms with E-state index < -0.39 is 0 Å². The van der Waals surface area contributed by atoms with Gasteiger partial charge in [-0.1, -0.05) is 12.1 Å². The lowest BCUT2D eigenvalue weighted by Gasteiger charge is -2.28. The molecule has 2 rings (SSSR count). The molecule has 0 bridgehead atoms. The first kappa shape index (κ1) is 18.9. The van der Waals surface area contributed by atoms with Gasteiger partial charge in [0.25, 0.3) is 0 Å². The largest absolute Gasteiger partial charge is 0.380 e. The summed E-state index contributed by atoms with van der Waals surface area (Å²) < 4.78 is 5.34. The first-order valence-corrected chi connectivity index (χ1v) is 10.0. The zero-order valence-corrected chi connectivity index (χ0v) is 15.7. The molecule has 1 heterocycles. The molecule has 24 heavy (non-hydrogen) atoms. The molecule has 1 fully saturated rings. The fourth-order valence-corrected chi connectivity index (χ4v) is 3.43. The van der Waals surface area contributed by atoms with Crippen molar-refractivity contribution in [1.82, 2.24) is 10.6 Å². The van der Waals surface area contributed by atoms with Gasteiger partial charge in [-0.3, -0.25) is 0 Å². The first-order chi connectivity index (χ1) is 11.8.